The second kappa shape index (κ2) is 22.8. The average Bonchev–Trinajstić information content (AvgIpc) is 3.11. The maximum absolute atomic E-state index is 11.5. The normalized spacial score (nSPS) is 9.86. The Labute approximate surface area is 297 Å². The van der Waals surface area contributed by atoms with E-state index in [4.69, 9.17) is 27.1 Å². The van der Waals surface area contributed by atoms with E-state index in [2.05, 4.69) is 0 Å². The summed E-state index contributed by atoms with van der Waals surface area (Å²) in [6.45, 7) is 0. The molecule has 6 aromatic rings. The first-order valence-electron chi connectivity index (χ1n) is 14.5. The van der Waals surface area contributed by atoms with Crippen molar-refractivity contribution in [3.63, 3.8) is 0 Å². The van der Waals surface area contributed by atoms with Crippen molar-refractivity contribution in [1.29, 1.82) is 0 Å². The van der Waals surface area contributed by atoms with Crippen LogP contribution in [0, 0.1) is 0 Å². The van der Waals surface area contributed by atoms with Crippen LogP contribution in [0.1, 0.15) is 0 Å². The maximum atomic E-state index is 11.5. The molecule has 0 unspecified atom stereocenters. The topological polar surface area (TPSA) is 107 Å². The Balaban J connectivity index is 0.000000197. The standard InChI is InChI=1S/3C12H11O3P.Co/c3*13-16(14-11-7-3-1-4-8-11)15-12-9-5-2-6-10-12;/h3*1-10,16H;. The van der Waals surface area contributed by atoms with E-state index >= 15 is 0 Å². The van der Waals surface area contributed by atoms with E-state index in [1.807, 2.05) is 109 Å². The van der Waals surface area contributed by atoms with Gasteiger partial charge in [0.2, 0.25) is 0 Å². The van der Waals surface area contributed by atoms with Gasteiger partial charge in [-0.1, -0.05) is 109 Å². The van der Waals surface area contributed by atoms with Crippen molar-refractivity contribution in [1.82, 2.24) is 0 Å². The molecule has 0 aliphatic carbocycles. The van der Waals surface area contributed by atoms with Crippen LogP contribution in [0.4, 0.5) is 0 Å². The molecule has 9 nitrogen and oxygen atoms in total. The van der Waals surface area contributed by atoms with E-state index in [0.717, 1.165) is 0 Å². The Hall–Kier alpha value is -4.68. The van der Waals surface area contributed by atoms with Crippen LogP contribution in [-0.4, -0.2) is 0 Å². The van der Waals surface area contributed by atoms with Crippen LogP contribution in [0.15, 0.2) is 182 Å². The molecule has 0 saturated heterocycles. The van der Waals surface area contributed by atoms with Gasteiger partial charge in [0.25, 0.3) is 0 Å². The zero-order chi connectivity index (χ0) is 33.7. The third kappa shape index (κ3) is 16.3. The molecule has 49 heavy (non-hydrogen) atoms. The predicted molar refractivity (Wildman–Crippen MR) is 189 cm³/mol. The van der Waals surface area contributed by atoms with Gasteiger partial charge in [-0.2, -0.15) is 0 Å². The van der Waals surface area contributed by atoms with Crippen molar-refractivity contribution in [2.24, 2.45) is 0 Å². The van der Waals surface area contributed by atoms with Gasteiger partial charge in [0, 0.05) is 16.8 Å². The molecule has 0 aliphatic heterocycles. The predicted octanol–water partition coefficient (Wildman–Crippen LogP) is 10.6. The van der Waals surface area contributed by atoms with Gasteiger partial charge in [-0.25, -0.2) is 13.7 Å². The summed E-state index contributed by atoms with van der Waals surface area (Å²) in [6, 6.07) is 53.7. The molecular formula is C36H33CoO9P3. The summed E-state index contributed by atoms with van der Waals surface area (Å²) in [5.74, 6) is 3.26. The van der Waals surface area contributed by atoms with E-state index in [1.165, 1.54) is 0 Å². The maximum Gasteiger partial charge on any atom is 0.418 e. The van der Waals surface area contributed by atoms with Crippen molar-refractivity contribution in [3.8, 4) is 34.5 Å². The molecule has 0 fully saturated rings. The number of hydrogen-bond donors (Lipinski definition) is 0. The third-order valence-corrected chi connectivity index (χ3v) is 8.08. The molecule has 0 heterocycles. The summed E-state index contributed by atoms with van der Waals surface area (Å²) in [4.78, 5) is 0. The molecule has 0 bridgehead atoms. The minimum atomic E-state index is -2.54. The van der Waals surface area contributed by atoms with E-state index in [9.17, 15) is 13.7 Å². The number of para-hydroxylation sites is 6. The molecule has 0 aliphatic rings. The van der Waals surface area contributed by atoms with E-state index in [0.29, 0.717) is 34.5 Å². The molecule has 0 atom stereocenters. The van der Waals surface area contributed by atoms with Gasteiger partial charge in [-0.15, -0.1) is 0 Å². The van der Waals surface area contributed by atoms with E-state index < -0.39 is 24.8 Å². The van der Waals surface area contributed by atoms with Gasteiger partial charge in [0.05, 0.1) is 0 Å². The second-order valence-corrected chi connectivity index (χ2v) is 12.0. The van der Waals surface area contributed by atoms with Crippen molar-refractivity contribution in [3.05, 3.63) is 182 Å². The van der Waals surface area contributed by atoms with Gasteiger partial charge in [0.1, 0.15) is 34.5 Å². The smallest absolute Gasteiger partial charge is 0.418 e. The SMILES string of the molecule is O=[PH](Oc1ccccc1)Oc1ccccc1.O=[PH](Oc1ccccc1)Oc1ccccc1.O=[PH](Oc1ccccc1)Oc1ccccc1.[Co]. The first-order valence-corrected chi connectivity index (χ1v) is 18.2. The van der Waals surface area contributed by atoms with Gasteiger partial charge in [-0.05, 0) is 72.8 Å². The summed E-state index contributed by atoms with van der Waals surface area (Å²) in [7, 11) is -7.63. The Kier molecular flexibility index (Phi) is 18.0. The van der Waals surface area contributed by atoms with E-state index in [-0.39, 0.29) is 16.8 Å². The first-order chi connectivity index (χ1) is 23.5. The molecule has 0 spiro atoms. The first kappa shape index (κ1) is 38.8. The Morgan fingerprint density at radius 1 is 0.245 bits per heavy atom. The molecule has 1 radical (unpaired) electrons. The molecule has 255 valence electrons. The van der Waals surface area contributed by atoms with Crippen LogP contribution < -0.4 is 27.1 Å². The number of rotatable bonds is 12. The Morgan fingerprint density at radius 2 is 0.367 bits per heavy atom. The Bertz CT molecular complexity index is 1460. The summed E-state index contributed by atoms with van der Waals surface area (Å²) < 4.78 is 65.4. The molecule has 0 amide bonds. The number of hydrogen-bond acceptors (Lipinski definition) is 9. The van der Waals surface area contributed by atoms with Crippen LogP contribution in [0.25, 0.3) is 0 Å². The monoisotopic (exact) mass is 761 g/mol. The van der Waals surface area contributed by atoms with Gasteiger partial charge in [0.15, 0.2) is 0 Å². The number of benzene rings is 6. The fourth-order valence-corrected chi connectivity index (χ4v) is 5.67. The molecule has 6 rings (SSSR count). The molecule has 0 aromatic heterocycles. The van der Waals surface area contributed by atoms with Crippen LogP contribution in [0.5, 0.6) is 34.5 Å². The van der Waals surface area contributed by atoms with Crippen molar-refractivity contribution < 1.29 is 57.6 Å². The Morgan fingerprint density at radius 3 is 0.490 bits per heavy atom. The van der Waals surface area contributed by atoms with Crippen molar-refractivity contribution in [2.75, 3.05) is 0 Å². The van der Waals surface area contributed by atoms with Gasteiger partial charge in [-0.3, -0.25) is 0 Å². The molecule has 6 aromatic carbocycles. The molecule has 0 saturated carbocycles. The summed E-state index contributed by atoms with van der Waals surface area (Å²) in [6.07, 6.45) is 0. The fraction of sp³-hybridized carbons (Fsp3) is 0. The zero-order valence-electron chi connectivity index (χ0n) is 25.8. The van der Waals surface area contributed by atoms with Crippen LogP contribution in [0.2, 0.25) is 0 Å². The summed E-state index contributed by atoms with van der Waals surface area (Å²) >= 11 is 0. The van der Waals surface area contributed by atoms with Crippen molar-refractivity contribution in [2.45, 2.75) is 0 Å². The zero-order valence-corrected chi connectivity index (χ0v) is 29.9. The fourth-order valence-electron chi connectivity index (χ4n) is 3.57. The van der Waals surface area contributed by atoms with Crippen molar-refractivity contribution >= 4 is 24.8 Å². The minimum absolute atomic E-state index is 0. The largest absolute Gasteiger partial charge is 0.418 e. The van der Waals surface area contributed by atoms with E-state index in [1.54, 1.807) is 72.8 Å². The quantitative estimate of drug-likeness (QED) is 0.113. The second-order valence-electron chi connectivity index (χ2n) is 9.24. The average molecular weight is 762 g/mol. The minimum Gasteiger partial charge on any atom is -0.418 e. The summed E-state index contributed by atoms with van der Waals surface area (Å²) in [5, 5.41) is 0. The van der Waals surface area contributed by atoms with Crippen LogP contribution in [-0.2, 0) is 30.5 Å². The van der Waals surface area contributed by atoms with Gasteiger partial charge < -0.3 is 27.1 Å². The van der Waals surface area contributed by atoms with Crippen LogP contribution >= 0.6 is 24.8 Å². The third-order valence-electron chi connectivity index (χ3n) is 5.67. The molecule has 0 N–H and O–H groups in total. The van der Waals surface area contributed by atoms with Crippen LogP contribution in [0.3, 0.4) is 0 Å². The summed E-state index contributed by atoms with van der Waals surface area (Å²) in [5.41, 5.74) is 0. The van der Waals surface area contributed by atoms with Gasteiger partial charge >= 0.3 is 24.8 Å². The molecular weight excluding hydrogens is 728 g/mol. The molecule has 13 heteroatoms.